The zero-order chi connectivity index (χ0) is 48.5. The van der Waals surface area contributed by atoms with Gasteiger partial charge in [-0.2, -0.15) is 29.3 Å². The van der Waals surface area contributed by atoms with Gasteiger partial charge in [0.05, 0.1) is 39.5 Å². The molecule has 0 bridgehead atoms. The summed E-state index contributed by atoms with van der Waals surface area (Å²) in [7, 11) is -3.05. The number of azide groups is 4. The van der Waals surface area contributed by atoms with Gasteiger partial charge in [-0.15, -0.1) is 61.2 Å². The normalized spacial score (nSPS) is 11.2. The molecule has 354 valence electrons. The molecule has 0 aliphatic carbocycles. The Hall–Kier alpha value is -8.85. The molecule has 0 unspecified atom stereocenters. The molecule has 0 saturated heterocycles. The van der Waals surface area contributed by atoms with Gasteiger partial charge in [0.2, 0.25) is 47.6 Å². The molecule has 0 fully saturated rings. The van der Waals surface area contributed by atoms with Crippen molar-refractivity contribution in [1.29, 1.82) is 0 Å². The molecule has 6 heterocycles. The molecule has 0 atom stereocenters. The fourth-order valence-electron chi connectivity index (χ4n) is 5.09. The minimum atomic E-state index is -2.80. The number of nitrogens with zero attached hydrogens (tertiary/aromatic N) is 32. The van der Waals surface area contributed by atoms with Crippen molar-refractivity contribution in [2.75, 3.05) is 67.9 Å². The number of methoxy groups -OCH3 is 1. The minimum absolute atomic E-state index is 0.0702. The Labute approximate surface area is 381 Å². The first kappa shape index (κ1) is 48.6. The first-order chi connectivity index (χ1) is 32.8. The van der Waals surface area contributed by atoms with E-state index in [0.29, 0.717) is 13.2 Å². The summed E-state index contributed by atoms with van der Waals surface area (Å²) in [4.78, 5) is 27.5. The van der Waals surface area contributed by atoms with E-state index >= 15 is 0 Å². The van der Waals surface area contributed by atoms with E-state index in [4.69, 9.17) is 40.1 Å². The van der Waals surface area contributed by atoms with Gasteiger partial charge in [-0.05, 0) is 75.3 Å². The van der Waals surface area contributed by atoms with Crippen molar-refractivity contribution in [3.63, 3.8) is 0 Å². The maximum absolute atomic E-state index is 9.02. The molecule has 42 heteroatoms. The molecule has 68 heavy (non-hydrogen) atoms. The van der Waals surface area contributed by atoms with Gasteiger partial charge in [-0.3, -0.25) is 10.6 Å². The second kappa shape index (κ2) is 22.9. The molecule has 0 aliphatic heterocycles. The Morgan fingerprint density at radius 3 is 1.29 bits per heavy atom. The Balaban J connectivity index is 1.03. The van der Waals surface area contributed by atoms with Crippen LogP contribution in [-0.2, 0) is 31.1 Å². The number of aromatic nitrogens is 20. The standard InChI is InChI=1S/C26H38N36O4Si2/c1-63-13-9-59-23(37-17(51-59)43-55-27)33-15-39-49-26(50-40-15)62-22(36-20(54-62)46-58-30)32-8-12-65-68(5,6)66-14-10-60-24(38-18(52-60)44-56-28)34-16-41-47-25(48-42-16)61-21(35-19(53-61)45-57-29)31-7-11-64-67(2,3)4/h7-14H2,1-6H3,(H,31,35,53)(H,32,36,54)(H,33,37,39,40,51)(H,34,38,41,42,52). The van der Waals surface area contributed by atoms with Crippen molar-refractivity contribution in [2.24, 2.45) is 20.5 Å². The topological polar surface area (TPSA) is 506 Å². The molecule has 40 nitrogen and oxygen atoms in total. The molecule has 6 rings (SSSR count). The molecule has 0 aliphatic rings. The first-order valence-electron chi connectivity index (χ1n) is 19.4. The van der Waals surface area contributed by atoms with Crippen LogP contribution in [0.15, 0.2) is 20.5 Å². The first-order valence-corrected chi connectivity index (χ1v) is 25.6. The highest BCUT2D eigenvalue weighted by atomic mass is 28.4. The molecule has 0 radical (unpaired) electrons. The highest BCUT2D eigenvalue weighted by Crippen LogP contribution is 2.20. The number of anilines is 6. The molecule has 0 aromatic carbocycles. The Bertz CT molecular complexity index is 2820. The van der Waals surface area contributed by atoms with E-state index in [1.54, 1.807) is 0 Å². The zero-order valence-corrected chi connectivity index (χ0v) is 38.6. The molecule has 0 spiro atoms. The molecule has 4 N–H and O–H groups in total. The molecule has 0 saturated carbocycles. The van der Waals surface area contributed by atoms with Crippen molar-refractivity contribution in [3.05, 3.63) is 41.8 Å². The summed E-state index contributed by atoms with van der Waals surface area (Å²) in [6.07, 6.45) is 0. The second-order valence-electron chi connectivity index (χ2n) is 14.2. The fourth-order valence-corrected chi connectivity index (χ4v) is 7.07. The lowest BCUT2D eigenvalue weighted by atomic mass is 10.7. The maximum Gasteiger partial charge on any atom is 0.331 e. The Kier molecular flexibility index (Phi) is 16.3. The molecule has 6 aromatic rings. The van der Waals surface area contributed by atoms with Crippen molar-refractivity contribution in [3.8, 4) is 11.9 Å². The molecule has 0 amide bonds. The quantitative estimate of drug-likeness (QED) is 0.0189. The molecular formula is C26H38N36O4Si2. The van der Waals surface area contributed by atoms with E-state index in [0.717, 1.165) is 9.36 Å². The summed E-state index contributed by atoms with van der Waals surface area (Å²) in [5.41, 5.74) is 35.7. The van der Waals surface area contributed by atoms with Crippen LogP contribution in [0.3, 0.4) is 0 Å². The van der Waals surface area contributed by atoms with E-state index in [1.807, 2.05) is 13.1 Å². The number of nitrogens with one attached hydrogen (secondary N) is 4. The SMILES string of the molecule is COCCn1nc(N=[N+]=[N-])nc1Nc1nnc(-n2nc(N=[N+]=[N-])nc2NCCO[Si](C)(C)OCCn2nc(N=[N+]=[N-])nc2Nc2nnc(-n3nc(N=[N+]=[N-])nc3NCCO[Si](C)(C)C)nn2)nn1. The van der Waals surface area contributed by atoms with Gasteiger partial charge < -0.3 is 28.6 Å². The van der Waals surface area contributed by atoms with Crippen LogP contribution < -0.4 is 21.3 Å². The van der Waals surface area contributed by atoms with Crippen LogP contribution in [0.1, 0.15) is 0 Å². The summed E-state index contributed by atoms with van der Waals surface area (Å²) in [5.74, 6) is -0.776. The summed E-state index contributed by atoms with van der Waals surface area (Å²) >= 11 is 0. The third kappa shape index (κ3) is 13.8. The van der Waals surface area contributed by atoms with Crippen LogP contribution in [0.5, 0.6) is 0 Å². The molecular weight excluding hydrogens is 937 g/mol. The second-order valence-corrected chi connectivity index (χ2v) is 22.1. The van der Waals surface area contributed by atoms with E-state index < -0.39 is 16.9 Å². The van der Waals surface area contributed by atoms with E-state index in [1.165, 1.54) is 16.5 Å². The van der Waals surface area contributed by atoms with E-state index in [9.17, 15) is 0 Å². The van der Waals surface area contributed by atoms with Gasteiger partial charge in [0.15, 0.2) is 8.32 Å². The fraction of sp³-hybridized carbons (Fsp3) is 0.538. The number of hydrogen-bond donors (Lipinski definition) is 4. The summed E-state index contributed by atoms with van der Waals surface area (Å²) in [5, 5.41) is 74.3. The van der Waals surface area contributed by atoms with Crippen LogP contribution in [-0.4, -0.2) is 163 Å². The highest BCUT2D eigenvalue weighted by molar-refractivity contribution is 6.69. The molecule has 6 aromatic heterocycles. The summed E-state index contributed by atoms with van der Waals surface area (Å²) in [6.45, 7) is 11.6. The smallest absolute Gasteiger partial charge is 0.331 e. The summed E-state index contributed by atoms with van der Waals surface area (Å²) < 4.78 is 28.2. The van der Waals surface area contributed by atoms with Gasteiger partial charge in [0.25, 0.3) is 23.8 Å². The van der Waals surface area contributed by atoms with E-state index in [-0.39, 0.29) is 111 Å². The van der Waals surface area contributed by atoms with Crippen LogP contribution >= 0.6 is 0 Å². The lowest BCUT2D eigenvalue weighted by molar-refractivity contribution is 0.177. The van der Waals surface area contributed by atoms with Crippen LogP contribution in [0.2, 0.25) is 32.7 Å². The van der Waals surface area contributed by atoms with E-state index in [2.05, 4.69) is 162 Å². The number of ether oxygens (including phenoxy) is 1. The summed E-state index contributed by atoms with van der Waals surface area (Å²) in [6, 6.07) is 0. The third-order valence-corrected chi connectivity index (χ3v) is 10.7. The largest absolute Gasteiger partial charge is 0.416 e. The van der Waals surface area contributed by atoms with Crippen LogP contribution in [0.4, 0.5) is 59.5 Å². The predicted molar refractivity (Wildman–Crippen MR) is 234 cm³/mol. The zero-order valence-electron chi connectivity index (χ0n) is 36.6. The lowest BCUT2D eigenvalue weighted by Crippen LogP contribution is -2.37. The number of hydrogen-bond acceptors (Lipinski definition) is 28. The highest BCUT2D eigenvalue weighted by Gasteiger charge is 2.26. The number of rotatable bonds is 27. The van der Waals surface area contributed by atoms with Crippen molar-refractivity contribution >= 4 is 76.4 Å². The van der Waals surface area contributed by atoms with Gasteiger partial charge in [0, 0.05) is 39.8 Å². The monoisotopic (exact) mass is 974 g/mol. The van der Waals surface area contributed by atoms with Gasteiger partial charge in [-0.1, -0.05) is 0 Å². The average molecular weight is 975 g/mol. The van der Waals surface area contributed by atoms with Crippen molar-refractivity contribution in [1.82, 2.24) is 99.8 Å². The van der Waals surface area contributed by atoms with Gasteiger partial charge >= 0.3 is 8.56 Å². The van der Waals surface area contributed by atoms with Crippen LogP contribution in [0.25, 0.3) is 53.7 Å². The maximum atomic E-state index is 9.02. The van der Waals surface area contributed by atoms with Gasteiger partial charge in [0.1, 0.15) is 0 Å². The predicted octanol–water partition coefficient (Wildman–Crippen LogP) is 3.20. The average Bonchev–Trinajstić information content (AvgIpc) is 4.09. The van der Waals surface area contributed by atoms with Gasteiger partial charge in [-0.25, -0.2) is 9.36 Å². The van der Waals surface area contributed by atoms with Crippen LogP contribution in [0, 0.1) is 0 Å². The Morgan fingerprint density at radius 2 is 0.882 bits per heavy atom. The Morgan fingerprint density at radius 1 is 0.500 bits per heavy atom. The lowest BCUT2D eigenvalue weighted by Gasteiger charge is -2.23. The van der Waals surface area contributed by atoms with Crippen molar-refractivity contribution < 1.29 is 18.0 Å². The minimum Gasteiger partial charge on any atom is -0.416 e. The third-order valence-electron chi connectivity index (χ3n) is 7.83. The van der Waals surface area contributed by atoms with Crippen molar-refractivity contribution in [2.45, 2.75) is 45.8 Å².